The van der Waals surface area contributed by atoms with Gasteiger partial charge in [-0.15, -0.1) is 0 Å². The lowest BCUT2D eigenvalue weighted by Crippen LogP contribution is -2.59. The smallest absolute Gasteiger partial charge is 0.332 e. The summed E-state index contributed by atoms with van der Waals surface area (Å²) < 4.78 is 32.9. The molecule has 4 nitrogen and oxygen atoms in total. The van der Waals surface area contributed by atoms with Crippen molar-refractivity contribution in [1.82, 2.24) is 10.3 Å². The number of halogens is 2. The number of hydrogen-bond acceptors (Lipinski definition) is 3. The molecule has 1 saturated carbocycles. The van der Waals surface area contributed by atoms with Crippen LogP contribution in [0.2, 0.25) is 0 Å². The second kappa shape index (κ2) is 6.34. The summed E-state index contributed by atoms with van der Waals surface area (Å²) >= 11 is 0. The summed E-state index contributed by atoms with van der Waals surface area (Å²) in [5.41, 5.74) is 1.80. The number of ether oxygens (including phenoxy) is 1. The van der Waals surface area contributed by atoms with E-state index in [0.29, 0.717) is 19.4 Å². The van der Waals surface area contributed by atoms with Gasteiger partial charge in [-0.25, -0.2) is 13.6 Å². The molecule has 0 spiro atoms. The molecule has 2 aromatic rings. The van der Waals surface area contributed by atoms with Crippen LogP contribution in [0.3, 0.4) is 0 Å². The standard InChI is InChI=1S/C20H24F2N2O2/c1-2-26-18(25)20(13-7-10-19(21,22)11-8-13)17-15(9-12-23-20)14-5-3-4-6-16(14)24-17/h3-6,13,23-24H,2,7-12H2,1H3. The van der Waals surface area contributed by atoms with Crippen LogP contribution in [0.15, 0.2) is 24.3 Å². The first-order chi connectivity index (χ1) is 12.5. The van der Waals surface area contributed by atoms with E-state index >= 15 is 0 Å². The maximum absolute atomic E-state index is 13.7. The molecule has 26 heavy (non-hydrogen) atoms. The van der Waals surface area contributed by atoms with Crippen LogP contribution in [0.4, 0.5) is 8.78 Å². The maximum atomic E-state index is 13.7. The molecular formula is C20H24F2N2O2. The Morgan fingerprint density at radius 2 is 2.00 bits per heavy atom. The van der Waals surface area contributed by atoms with Crippen molar-refractivity contribution in [1.29, 1.82) is 0 Å². The van der Waals surface area contributed by atoms with Gasteiger partial charge in [0.05, 0.1) is 12.3 Å². The number of nitrogens with one attached hydrogen (secondary N) is 2. The first-order valence-corrected chi connectivity index (χ1v) is 9.38. The molecule has 0 bridgehead atoms. The molecule has 1 fully saturated rings. The van der Waals surface area contributed by atoms with E-state index in [-0.39, 0.29) is 31.3 Å². The van der Waals surface area contributed by atoms with Crippen molar-refractivity contribution >= 4 is 16.9 Å². The van der Waals surface area contributed by atoms with Gasteiger partial charge in [0.2, 0.25) is 5.92 Å². The van der Waals surface area contributed by atoms with E-state index in [1.165, 1.54) is 0 Å². The zero-order valence-corrected chi connectivity index (χ0v) is 14.9. The number of rotatable bonds is 3. The number of para-hydroxylation sites is 1. The lowest BCUT2D eigenvalue weighted by Gasteiger charge is -2.44. The molecule has 2 heterocycles. The highest BCUT2D eigenvalue weighted by atomic mass is 19.3. The Kier molecular flexibility index (Phi) is 4.26. The molecule has 1 unspecified atom stereocenters. The van der Waals surface area contributed by atoms with Crippen LogP contribution >= 0.6 is 0 Å². The van der Waals surface area contributed by atoms with Crippen molar-refractivity contribution < 1.29 is 18.3 Å². The molecule has 4 rings (SSSR count). The largest absolute Gasteiger partial charge is 0.464 e. The molecule has 0 amide bonds. The van der Waals surface area contributed by atoms with E-state index in [2.05, 4.69) is 10.3 Å². The third-order valence-corrected chi connectivity index (χ3v) is 5.91. The van der Waals surface area contributed by atoms with Crippen molar-refractivity contribution in [3.05, 3.63) is 35.5 Å². The van der Waals surface area contributed by atoms with E-state index < -0.39 is 11.5 Å². The van der Waals surface area contributed by atoms with Crippen molar-refractivity contribution in [2.75, 3.05) is 13.2 Å². The van der Waals surface area contributed by atoms with Gasteiger partial charge in [0.25, 0.3) is 0 Å². The zero-order valence-electron chi connectivity index (χ0n) is 14.9. The lowest BCUT2D eigenvalue weighted by molar-refractivity contribution is -0.158. The average molecular weight is 362 g/mol. The van der Waals surface area contributed by atoms with Gasteiger partial charge in [0.1, 0.15) is 0 Å². The Bertz CT molecular complexity index is 822. The molecule has 0 radical (unpaired) electrons. The number of esters is 1. The molecule has 2 aliphatic rings. The number of aromatic nitrogens is 1. The van der Waals surface area contributed by atoms with Gasteiger partial charge in [0.15, 0.2) is 5.54 Å². The van der Waals surface area contributed by atoms with E-state index in [4.69, 9.17) is 4.74 Å². The van der Waals surface area contributed by atoms with E-state index in [1.54, 1.807) is 6.92 Å². The number of benzene rings is 1. The summed E-state index contributed by atoms with van der Waals surface area (Å²) in [6.45, 7) is 2.66. The third-order valence-electron chi connectivity index (χ3n) is 5.91. The van der Waals surface area contributed by atoms with Gasteiger partial charge in [-0.1, -0.05) is 18.2 Å². The third kappa shape index (κ3) is 2.62. The Balaban J connectivity index is 1.84. The highest BCUT2D eigenvalue weighted by molar-refractivity contribution is 5.91. The predicted octanol–water partition coefficient (Wildman–Crippen LogP) is 3.90. The first kappa shape index (κ1) is 17.5. The van der Waals surface area contributed by atoms with Gasteiger partial charge in [-0.05, 0) is 43.7 Å². The quantitative estimate of drug-likeness (QED) is 0.815. The van der Waals surface area contributed by atoms with E-state index in [0.717, 1.165) is 28.6 Å². The van der Waals surface area contributed by atoms with Crippen molar-refractivity contribution in [2.24, 2.45) is 5.92 Å². The second-order valence-electron chi connectivity index (χ2n) is 7.36. The minimum absolute atomic E-state index is 0.184. The predicted molar refractivity (Wildman–Crippen MR) is 95.2 cm³/mol. The van der Waals surface area contributed by atoms with Crippen LogP contribution in [0.5, 0.6) is 0 Å². The highest BCUT2D eigenvalue weighted by Gasteiger charge is 2.54. The number of H-pyrrole nitrogens is 1. The monoisotopic (exact) mass is 362 g/mol. The summed E-state index contributed by atoms with van der Waals surface area (Å²) in [5, 5.41) is 4.48. The van der Waals surface area contributed by atoms with Crippen LogP contribution in [0.1, 0.15) is 43.9 Å². The number of alkyl halides is 2. The molecule has 140 valence electrons. The summed E-state index contributed by atoms with van der Waals surface area (Å²) in [4.78, 5) is 16.5. The van der Waals surface area contributed by atoms with Gasteiger partial charge >= 0.3 is 5.97 Å². The highest BCUT2D eigenvalue weighted by Crippen LogP contribution is 2.47. The minimum atomic E-state index is -2.63. The van der Waals surface area contributed by atoms with Crippen LogP contribution in [-0.2, 0) is 21.5 Å². The molecule has 1 aromatic heterocycles. The molecule has 0 saturated heterocycles. The fourth-order valence-corrected chi connectivity index (χ4v) is 4.68. The van der Waals surface area contributed by atoms with Gasteiger partial charge in [-0.3, -0.25) is 5.32 Å². The van der Waals surface area contributed by atoms with Crippen molar-refractivity contribution in [3.63, 3.8) is 0 Å². The molecular weight excluding hydrogens is 338 g/mol. The molecule has 2 N–H and O–H groups in total. The first-order valence-electron chi connectivity index (χ1n) is 9.38. The Labute approximate surface area is 151 Å². The molecule has 1 aromatic carbocycles. The molecule has 1 aliphatic carbocycles. The zero-order chi connectivity index (χ0) is 18.4. The lowest BCUT2D eigenvalue weighted by atomic mass is 9.69. The van der Waals surface area contributed by atoms with Crippen molar-refractivity contribution in [3.8, 4) is 0 Å². The van der Waals surface area contributed by atoms with Crippen LogP contribution in [0, 0.1) is 5.92 Å². The van der Waals surface area contributed by atoms with Crippen LogP contribution in [-0.4, -0.2) is 30.0 Å². The van der Waals surface area contributed by atoms with Crippen LogP contribution < -0.4 is 5.32 Å². The summed E-state index contributed by atoms with van der Waals surface area (Å²) in [5.74, 6) is -3.21. The fraction of sp³-hybridized carbons (Fsp3) is 0.550. The number of hydrogen-bond donors (Lipinski definition) is 2. The second-order valence-corrected chi connectivity index (χ2v) is 7.36. The van der Waals surface area contributed by atoms with Gasteiger partial charge < -0.3 is 9.72 Å². The topological polar surface area (TPSA) is 54.1 Å². The van der Waals surface area contributed by atoms with Crippen molar-refractivity contribution in [2.45, 2.75) is 50.5 Å². The number of carbonyl (C=O) groups excluding carboxylic acids is 1. The maximum Gasteiger partial charge on any atom is 0.332 e. The average Bonchev–Trinajstić information content (AvgIpc) is 3.01. The number of carbonyl (C=O) groups is 1. The van der Waals surface area contributed by atoms with Gasteiger partial charge in [0, 0.05) is 30.3 Å². The fourth-order valence-electron chi connectivity index (χ4n) is 4.68. The summed E-state index contributed by atoms with van der Waals surface area (Å²) in [6.07, 6.45) is 1.02. The Hall–Kier alpha value is -1.95. The summed E-state index contributed by atoms with van der Waals surface area (Å²) in [6, 6.07) is 7.95. The number of aromatic amines is 1. The van der Waals surface area contributed by atoms with Gasteiger partial charge in [-0.2, -0.15) is 0 Å². The SMILES string of the molecule is CCOC(=O)C1(C2CCC(F)(F)CC2)NCCc2c1[nH]c1ccccc21. The van der Waals surface area contributed by atoms with E-state index in [9.17, 15) is 13.6 Å². The number of fused-ring (bicyclic) bond motifs is 3. The summed E-state index contributed by atoms with van der Waals surface area (Å²) in [7, 11) is 0. The Morgan fingerprint density at radius 3 is 2.73 bits per heavy atom. The normalized spacial score (nSPS) is 25.8. The van der Waals surface area contributed by atoms with Crippen LogP contribution in [0.25, 0.3) is 10.9 Å². The minimum Gasteiger partial charge on any atom is -0.464 e. The molecule has 1 atom stereocenters. The van der Waals surface area contributed by atoms with E-state index in [1.807, 2.05) is 24.3 Å². The Morgan fingerprint density at radius 1 is 1.27 bits per heavy atom. The molecule has 1 aliphatic heterocycles. The molecule has 6 heteroatoms.